The van der Waals surface area contributed by atoms with Gasteiger partial charge in [0.25, 0.3) is 0 Å². The molecule has 0 aromatic carbocycles. The molecule has 1 aromatic heterocycles. The summed E-state index contributed by atoms with van der Waals surface area (Å²) in [6.45, 7) is 4.00. The number of rotatable bonds is 5. The Kier molecular flexibility index (Phi) is 6.44. The van der Waals surface area contributed by atoms with Crippen molar-refractivity contribution in [2.24, 2.45) is 0 Å². The summed E-state index contributed by atoms with van der Waals surface area (Å²) < 4.78 is 10.9. The highest BCUT2D eigenvalue weighted by molar-refractivity contribution is 5.78. The number of ether oxygens (including phenoxy) is 2. The third kappa shape index (κ3) is 5.29. The van der Waals surface area contributed by atoms with Crippen LogP contribution in [-0.4, -0.2) is 71.6 Å². The predicted molar refractivity (Wildman–Crippen MR) is 93.7 cm³/mol. The third-order valence-electron chi connectivity index (χ3n) is 4.89. The summed E-state index contributed by atoms with van der Waals surface area (Å²) >= 11 is 0. The van der Waals surface area contributed by atoms with Crippen molar-refractivity contribution in [3.8, 4) is 11.8 Å². The van der Waals surface area contributed by atoms with Gasteiger partial charge in [0.05, 0.1) is 26.0 Å². The minimum absolute atomic E-state index is 0.0269. The lowest BCUT2D eigenvalue weighted by atomic mass is 10.1. The zero-order valence-corrected chi connectivity index (χ0v) is 15.0. The SMILES string of the molecule is COc1cnc(OC2CCCN(CC(=O)N3CCCCCC3)C2)nc1. The Balaban J connectivity index is 1.49. The largest absolute Gasteiger partial charge is 0.494 e. The molecule has 1 aromatic rings. The van der Waals surface area contributed by atoms with Gasteiger partial charge in [-0.1, -0.05) is 12.8 Å². The molecule has 7 heteroatoms. The fourth-order valence-electron chi connectivity index (χ4n) is 3.48. The Hall–Kier alpha value is -1.89. The van der Waals surface area contributed by atoms with Gasteiger partial charge < -0.3 is 14.4 Å². The molecule has 138 valence electrons. The van der Waals surface area contributed by atoms with E-state index >= 15 is 0 Å². The van der Waals surface area contributed by atoms with E-state index in [-0.39, 0.29) is 12.0 Å². The van der Waals surface area contributed by atoms with Crippen LogP contribution in [0.5, 0.6) is 11.8 Å². The van der Waals surface area contributed by atoms with E-state index in [9.17, 15) is 4.79 Å². The highest BCUT2D eigenvalue weighted by Crippen LogP contribution is 2.17. The molecule has 7 nitrogen and oxygen atoms in total. The summed E-state index contributed by atoms with van der Waals surface area (Å²) in [5.41, 5.74) is 0. The molecule has 0 radical (unpaired) electrons. The van der Waals surface area contributed by atoms with Crippen LogP contribution in [0.15, 0.2) is 12.4 Å². The fourth-order valence-corrected chi connectivity index (χ4v) is 3.48. The van der Waals surface area contributed by atoms with Crippen molar-refractivity contribution in [2.75, 3.05) is 39.8 Å². The van der Waals surface area contributed by atoms with Gasteiger partial charge in [0.1, 0.15) is 6.10 Å². The molecule has 2 aliphatic rings. The standard InChI is InChI=1S/C18H28N4O3/c1-24-16-11-19-18(20-12-16)25-15-7-6-8-21(13-15)14-17(23)22-9-4-2-3-5-10-22/h11-12,15H,2-10,13-14H2,1H3. The fraction of sp³-hybridized carbons (Fsp3) is 0.722. The molecule has 25 heavy (non-hydrogen) atoms. The number of likely N-dealkylation sites (tertiary alicyclic amines) is 2. The zero-order valence-electron chi connectivity index (χ0n) is 15.0. The molecule has 1 atom stereocenters. The average Bonchev–Trinajstić information content (AvgIpc) is 2.92. The van der Waals surface area contributed by atoms with Crippen LogP contribution < -0.4 is 9.47 Å². The molecular weight excluding hydrogens is 320 g/mol. The highest BCUT2D eigenvalue weighted by Gasteiger charge is 2.25. The van der Waals surface area contributed by atoms with Crippen LogP contribution in [0.3, 0.4) is 0 Å². The molecular formula is C18H28N4O3. The molecule has 2 fully saturated rings. The molecule has 2 aliphatic heterocycles. The average molecular weight is 348 g/mol. The van der Waals surface area contributed by atoms with Crippen molar-refractivity contribution in [2.45, 2.75) is 44.6 Å². The number of hydrogen-bond acceptors (Lipinski definition) is 6. The molecule has 0 bridgehead atoms. The first kappa shape index (κ1) is 17.9. The lowest BCUT2D eigenvalue weighted by Crippen LogP contribution is -2.47. The maximum atomic E-state index is 12.6. The van der Waals surface area contributed by atoms with Crippen molar-refractivity contribution in [1.29, 1.82) is 0 Å². The van der Waals surface area contributed by atoms with Gasteiger partial charge in [-0.3, -0.25) is 9.69 Å². The first-order chi connectivity index (χ1) is 12.2. The maximum Gasteiger partial charge on any atom is 0.316 e. The Morgan fingerprint density at radius 3 is 2.52 bits per heavy atom. The number of carbonyl (C=O) groups excluding carboxylic acids is 1. The Labute approximate surface area is 149 Å². The molecule has 0 saturated carbocycles. The van der Waals surface area contributed by atoms with Gasteiger partial charge in [0.15, 0.2) is 5.75 Å². The smallest absolute Gasteiger partial charge is 0.316 e. The molecule has 3 heterocycles. The van der Waals surface area contributed by atoms with Crippen molar-refractivity contribution >= 4 is 5.91 Å². The second-order valence-corrected chi connectivity index (χ2v) is 6.82. The van der Waals surface area contributed by atoms with Crippen LogP contribution in [0.25, 0.3) is 0 Å². The second kappa shape index (κ2) is 8.99. The van der Waals surface area contributed by atoms with E-state index in [4.69, 9.17) is 9.47 Å². The predicted octanol–water partition coefficient (Wildman–Crippen LogP) is 1.73. The van der Waals surface area contributed by atoms with Gasteiger partial charge in [0, 0.05) is 19.6 Å². The summed E-state index contributed by atoms with van der Waals surface area (Å²) in [7, 11) is 1.58. The number of methoxy groups -OCH3 is 1. The zero-order chi connectivity index (χ0) is 17.5. The molecule has 3 rings (SSSR count). The molecule has 2 saturated heterocycles. The van der Waals surface area contributed by atoms with E-state index in [2.05, 4.69) is 14.9 Å². The number of hydrogen-bond donors (Lipinski definition) is 0. The van der Waals surface area contributed by atoms with Crippen molar-refractivity contribution in [1.82, 2.24) is 19.8 Å². The lowest BCUT2D eigenvalue weighted by Gasteiger charge is -2.33. The quantitative estimate of drug-likeness (QED) is 0.807. The number of aromatic nitrogens is 2. The van der Waals surface area contributed by atoms with Gasteiger partial charge in [-0.05, 0) is 32.2 Å². The first-order valence-corrected chi connectivity index (χ1v) is 9.27. The van der Waals surface area contributed by atoms with Crippen molar-refractivity contribution in [3.05, 3.63) is 12.4 Å². The van der Waals surface area contributed by atoms with Gasteiger partial charge in [-0.2, -0.15) is 9.97 Å². The number of piperidine rings is 1. The third-order valence-corrected chi connectivity index (χ3v) is 4.89. The van der Waals surface area contributed by atoms with Gasteiger partial charge in [-0.15, -0.1) is 0 Å². The van der Waals surface area contributed by atoms with Crippen LogP contribution >= 0.6 is 0 Å². The maximum absolute atomic E-state index is 12.6. The van der Waals surface area contributed by atoms with E-state index in [0.717, 1.165) is 51.9 Å². The lowest BCUT2D eigenvalue weighted by molar-refractivity contribution is -0.133. The van der Waals surface area contributed by atoms with Crippen LogP contribution in [-0.2, 0) is 4.79 Å². The molecule has 1 amide bonds. The van der Waals surface area contributed by atoms with Gasteiger partial charge >= 0.3 is 6.01 Å². The minimum atomic E-state index is 0.0269. The van der Waals surface area contributed by atoms with Crippen LogP contribution in [0.1, 0.15) is 38.5 Å². The number of nitrogens with zero attached hydrogens (tertiary/aromatic N) is 4. The van der Waals surface area contributed by atoms with E-state index < -0.39 is 0 Å². The number of carbonyl (C=O) groups is 1. The highest BCUT2D eigenvalue weighted by atomic mass is 16.5. The van der Waals surface area contributed by atoms with E-state index in [0.29, 0.717) is 18.3 Å². The first-order valence-electron chi connectivity index (χ1n) is 9.27. The normalized spacial score (nSPS) is 22.3. The number of amides is 1. The Bertz CT molecular complexity index is 544. The van der Waals surface area contributed by atoms with Crippen LogP contribution in [0.2, 0.25) is 0 Å². The van der Waals surface area contributed by atoms with E-state index in [1.807, 2.05) is 4.90 Å². The van der Waals surface area contributed by atoms with E-state index in [1.165, 1.54) is 12.8 Å². The monoisotopic (exact) mass is 348 g/mol. The topological polar surface area (TPSA) is 67.8 Å². The minimum Gasteiger partial charge on any atom is -0.494 e. The summed E-state index contributed by atoms with van der Waals surface area (Å²) in [5, 5.41) is 0. The molecule has 0 N–H and O–H groups in total. The van der Waals surface area contributed by atoms with Crippen LogP contribution in [0, 0.1) is 0 Å². The Morgan fingerprint density at radius 2 is 1.84 bits per heavy atom. The summed E-state index contributed by atoms with van der Waals surface area (Å²) in [6, 6.07) is 0.367. The van der Waals surface area contributed by atoms with E-state index in [1.54, 1.807) is 19.5 Å². The van der Waals surface area contributed by atoms with Crippen molar-refractivity contribution < 1.29 is 14.3 Å². The van der Waals surface area contributed by atoms with Gasteiger partial charge in [0.2, 0.25) is 5.91 Å². The Morgan fingerprint density at radius 1 is 1.12 bits per heavy atom. The van der Waals surface area contributed by atoms with Crippen molar-refractivity contribution in [3.63, 3.8) is 0 Å². The van der Waals surface area contributed by atoms with Gasteiger partial charge in [-0.25, -0.2) is 0 Å². The molecule has 1 unspecified atom stereocenters. The summed E-state index contributed by atoms with van der Waals surface area (Å²) in [6.07, 6.45) is 9.96. The summed E-state index contributed by atoms with van der Waals surface area (Å²) in [4.78, 5) is 25.1. The summed E-state index contributed by atoms with van der Waals surface area (Å²) in [5.74, 6) is 0.865. The van der Waals surface area contributed by atoms with Crippen LogP contribution in [0.4, 0.5) is 0 Å². The molecule has 0 spiro atoms. The molecule has 0 aliphatic carbocycles. The second-order valence-electron chi connectivity index (χ2n) is 6.82.